The summed E-state index contributed by atoms with van der Waals surface area (Å²) in [6, 6.07) is 3.67. The van der Waals surface area contributed by atoms with E-state index in [-0.39, 0.29) is 5.84 Å². The summed E-state index contributed by atoms with van der Waals surface area (Å²) < 4.78 is 5.39. The van der Waals surface area contributed by atoms with E-state index in [0.717, 1.165) is 38.4 Å². The fraction of sp³-hybridized carbons (Fsp3) is 0.455. The van der Waals surface area contributed by atoms with Crippen LogP contribution < -0.4 is 10.6 Å². The normalized spacial score (nSPS) is 17.9. The van der Waals surface area contributed by atoms with Gasteiger partial charge in [-0.05, 0) is 18.6 Å². The maximum Gasteiger partial charge on any atom is 0.188 e. The predicted molar refractivity (Wildman–Crippen MR) is 64.4 cm³/mol. The summed E-state index contributed by atoms with van der Waals surface area (Å²) >= 11 is 0. The molecule has 1 aromatic heterocycles. The lowest BCUT2D eigenvalue weighted by atomic mass is 10.3. The van der Waals surface area contributed by atoms with Crippen LogP contribution in [0.15, 0.2) is 23.5 Å². The van der Waals surface area contributed by atoms with Crippen LogP contribution in [0.2, 0.25) is 0 Å². The zero-order valence-electron chi connectivity index (χ0n) is 9.54. The molecule has 0 spiro atoms. The number of ether oxygens (including phenoxy) is 1. The molecule has 0 bridgehead atoms. The van der Waals surface area contributed by atoms with Gasteiger partial charge in [0.05, 0.1) is 18.5 Å². The molecule has 92 valence electrons. The van der Waals surface area contributed by atoms with Gasteiger partial charge in [-0.3, -0.25) is 4.98 Å². The van der Waals surface area contributed by atoms with Crippen LogP contribution in [-0.2, 0) is 4.74 Å². The molecular weight excluding hydrogens is 220 g/mol. The highest BCUT2D eigenvalue weighted by Crippen LogP contribution is 2.14. The standard InChI is InChI=1S/C11H16N4O2/c12-11(14-16)10-3-2-9(8-13-10)15-4-1-6-17-7-5-15/h2-3,8,16H,1,4-7H2,(H2,12,14). The van der Waals surface area contributed by atoms with Crippen LogP contribution in [-0.4, -0.2) is 42.3 Å². The van der Waals surface area contributed by atoms with E-state index in [1.807, 2.05) is 6.07 Å². The van der Waals surface area contributed by atoms with E-state index in [9.17, 15) is 0 Å². The Morgan fingerprint density at radius 3 is 3.00 bits per heavy atom. The van der Waals surface area contributed by atoms with Crippen LogP contribution in [0.3, 0.4) is 0 Å². The highest BCUT2D eigenvalue weighted by Gasteiger charge is 2.10. The van der Waals surface area contributed by atoms with Gasteiger partial charge in [-0.1, -0.05) is 5.16 Å². The predicted octanol–water partition coefficient (Wildman–Crippen LogP) is 0.403. The van der Waals surface area contributed by atoms with Crippen molar-refractivity contribution < 1.29 is 9.94 Å². The molecule has 1 aromatic rings. The Labute approximate surface area is 99.7 Å². The minimum atomic E-state index is 0.0238. The van der Waals surface area contributed by atoms with Crippen molar-refractivity contribution in [1.82, 2.24) is 4.98 Å². The first-order valence-corrected chi connectivity index (χ1v) is 5.58. The molecule has 0 aliphatic carbocycles. The van der Waals surface area contributed by atoms with Gasteiger partial charge in [0, 0.05) is 19.7 Å². The SMILES string of the molecule is N/C(=N/O)c1ccc(N2CCCOCC2)cn1. The molecule has 2 rings (SSSR count). The Bertz CT molecular complexity index is 383. The Kier molecular flexibility index (Phi) is 3.77. The van der Waals surface area contributed by atoms with Gasteiger partial charge >= 0.3 is 0 Å². The molecule has 17 heavy (non-hydrogen) atoms. The Morgan fingerprint density at radius 1 is 1.41 bits per heavy atom. The van der Waals surface area contributed by atoms with E-state index >= 15 is 0 Å². The monoisotopic (exact) mass is 236 g/mol. The molecule has 0 unspecified atom stereocenters. The summed E-state index contributed by atoms with van der Waals surface area (Å²) in [5.41, 5.74) is 6.96. The maximum atomic E-state index is 8.54. The third kappa shape index (κ3) is 2.85. The molecule has 1 aliphatic rings. The molecule has 0 atom stereocenters. The maximum absolute atomic E-state index is 8.54. The second-order valence-corrected chi connectivity index (χ2v) is 3.84. The molecular formula is C11H16N4O2. The fourth-order valence-corrected chi connectivity index (χ4v) is 1.78. The van der Waals surface area contributed by atoms with Crippen molar-refractivity contribution in [3.63, 3.8) is 0 Å². The van der Waals surface area contributed by atoms with E-state index in [2.05, 4.69) is 15.0 Å². The quantitative estimate of drug-likeness (QED) is 0.336. The number of anilines is 1. The van der Waals surface area contributed by atoms with Crippen LogP contribution >= 0.6 is 0 Å². The van der Waals surface area contributed by atoms with E-state index in [1.165, 1.54) is 0 Å². The zero-order valence-corrected chi connectivity index (χ0v) is 9.54. The zero-order chi connectivity index (χ0) is 12.1. The molecule has 3 N–H and O–H groups in total. The van der Waals surface area contributed by atoms with E-state index in [4.69, 9.17) is 15.7 Å². The minimum Gasteiger partial charge on any atom is -0.409 e. The average molecular weight is 236 g/mol. The number of aromatic nitrogens is 1. The molecule has 0 aromatic carbocycles. The first kappa shape index (κ1) is 11.7. The minimum absolute atomic E-state index is 0.0238. The second kappa shape index (κ2) is 5.49. The van der Waals surface area contributed by atoms with Crippen LogP contribution in [0, 0.1) is 0 Å². The lowest BCUT2D eigenvalue weighted by molar-refractivity contribution is 0.152. The van der Waals surface area contributed by atoms with Crippen molar-refractivity contribution in [3.8, 4) is 0 Å². The van der Waals surface area contributed by atoms with Crippen molar-refractivity contribution >= 4 is 11.5 Å². The number of hydrogen-bond acceptors (Lipinski definition) is 5. The highest BCUT2D eigenvalue weighted by atomic mass is 16.5. The number of nitrogens with two attached hydrogens (primary N) is 1. The topological polar surface area (TPSA) is 84.0 Å². The molecule has 6 nitrogen and oxygen atoms in total. The van der Waals surface area contributed by atoms with Crippen molar-refractivity contribution in [3.05, 3.63) is 24.0 Å². The van der Waals surface area contributed by atoms with Gasteiger partial charge in [-0.15, -0.1) is 0 Å². The molecule has 1 saturated heterocycles. The van der Waals surface area contributed by atoms with Crippen LogP contribution in [0.25, 0.3) is 0 Å². The summed E-state index contributed by atoms with van der Waals surface area (Å²) in [6.07, 6.45) is 2.75. The van der Waals surface area contributed by atoms with Gasteiger partial charge in [-0.2, -0.15) is 0 Å². The molecule has 0 saturated carbocycles. The fourth-order valence-electron chi connectivity index (χ4n) is 1.78. The number of hydrogen-bond donors (Lipinski definition) is 2. The summed E-state index contributed by atoms with van der Waals surface area (Å²) in [7, 11) is 0. The van der Waals surface area contributed by atoms with Crippen LogP contribution in [0.1, 0.15) is 12.1 Å². The van der Waals surface area contributed by atoms with Crippen molar-refractivity contribution in [2.75, 3.05) is 31.2 Å². The third-order valence-corrected chi connectivity index (χ3v) is 2.71. The highest BCUT2D eigenvalue weighted by molar-refractivity contribution is 5.95. The number of pyridine rings is 1. The van der Waals surface area contributed by atoms with Gasteiger partial charge in [-0.25, -0.2) is 0 Å². The van der Waals surface area contributed by atoms with Crippen molar-refractivity contribution in [2.45, 2.75) is 6.42 Å². The first-order chi connectivity index (χ1) is 8.31. The molecule has 0 amide bonds. The number of nitrogens with zero attached hydrogens (tertiary/aromatic N) is 3. The van der Waals surface area contributed by atoms with Crippen LogP contribution in [0.4, 0.5) is 5.69 Å². The number of rotatable bonds is 2. The molecule has 6 heteroatoms. The van der Waals surface area contributed by atoms with Gasteiger partial charge in [0.25, 0.3) is 0 Å². The van der Waals surface area contributed by atoms with E-state index in [1.54, 1.807) is 12.3 Å². The van der Waals surface area contributed by atoms with Crippen molar-refractivity contribution in [1.29, 1.82) is 0 Å². The van der Waals surface area contributed by atoms with E-state index in [0.29, 0.717) is 5.69 Å². The number of amidine groups is 1. The van der Waals surface area contributed by atoms with Crippen LogP contribution in [0.5, 0.6) is 0 Å². The average Bonchev–Trinajstić information content (AvgIpc) is 2.67. The third-order valence-electron chi connectivity index (χ3n) is 2.71. The number of oxime groups is 1. The Balaban J connectivity index is 2.11. The first-order valence-electron chi connectivity index (χ1n) is 5.58. The second-order valence-electron chi connectivity index (χ2n) is 3.84. The van der Waals surface area contributed by atoms with Gasteiger partial charge < -0.3 is 20.6 Å². The van der Waals surface area contributed by atoms with Gasteiger partial charge in [0.1, 0.15) is 5.69 Å². The van der Waals surface area contributed by atoms with Gasteiger partial charge in [0.2, 0.25) is 0 Å². The summed E-state index contributed by atoms with van der Waals surface area (Å²) in [5, 5.41) is 11.5. The molecule has 1 aliphatic heterocycles. The largest absolute Gasteiger partial charge is 0.409 e. The van der Waals surface area contributed by atoms with E-state index < -0.39 is 0 Å². The molecule has 2 heterocycles. The summed E-state index contributed by atoms with van der Waals surface area (Å²) in [6.45, 7) is 3.38. The lowest BCUT2D eigenvalue weighted by Gasteiger charge is -2.21. The van der Waals surface area contributed by atoms with Gasteiger partial charge in [0.15, 0.2) is 5.84 Å². The molecule has 0 radical (unpaired) electrons. The Hall–Kier alpha value is -1.82. The summed E-state index contributed by atoms with van der Waals surface area (Å²) in [5.74, 6) is 0.0238. The smallest absolute Gasteiger partial charge is 0.188 e. The molecule has 1 fully saturated rings. The summed E-state index contributed by atoms with van der Waals surface area (Å²) in [4.78, 5) is 6.38. The Morgan fingerprint density at radius 2 is 2.29 bits per heavy atom. The van der Waals surface area contributed by atoms with Crippen molar-refractivity contribution in [2.24, 2.45) is 10.9 Å². The lowest BCUT2D eigenvalue weighted by Crippen LogP contribution is -2.26.